The molecule has 0 saturated heterocycles. The van der Waals surface area contributed by atoms with E-state index in [2.05, 4.69) is 15.6 Å². The third-order valence-electron chi connectivity index (χ3n) is 5.15. The Kier molecular flexibility index (Phi) is 5.42. The number of amides is 2. The summed E-state index contributed by atoms with van der Waals surface area (Å²) < 4.78 is 0. The van der Waals surface area contributed by atoms with E-state index in [4.69, 9.17) is 5.73 Å². The fourth-order valence-corrected chi connectivity index (χ4v) is 4.21. The maximum absolute atomic E-state index is 12.7. The Morgan fingerprint density at radius 1 is 1.07 bits per heavy atom. The zero-order chi connectivity index (χ0) is 20.3. The lowest BCUT2D eigenvalue weighted by molar-refractivity contribution is -0.123. The van der Waals surface area contributed by atoms with E-state index in [0.717, 1.165) is 23.3 Å². The molecule has 1 aromatic carbocycles. The molecule has 148 valence electrons. The highest BCUT2D eigenvalue weighted by Crippen LogP contribution is 2.48. The average molecular weight is 407 g/mol. The lowest BCUT2D eigenvalue weighted by Gasteiger charge is -2.17. The molecule has 29 heavy (non-hydrogen) atoms. The molecule has 1 fully saturated rings. The van der Waals surface area contributed by atoms with Crippen LogP contribution in [0.4, 0.5) is 5.69 Å². The summed E-state index contributed by atoms with van der Waals surface area (Å²) in [5.41, 5.74) is 7.60. The van der Waals surface area contributed by atoms with Crippen LogP contribution in [-0.2, 0) is 10.2 Å². The Hall–Kier alpha value is -3.03. The van der Waals surface area contributed by atoms with Crippen LogP contribution in [0.5, 0.6) is 0 Å². The van der Waals surface area contributed by atoms with E-state index in [9.17, 15) is 9.59 Å². The highest BCUT2D eigenvalue weighted by atomic mass is 32.1. The second-order valence-corrected chi connectivity index (χ2v) is 8.27. The van der Waals surface area contributed by atoms with Gasteiger partial charge in [0, 0.05) is 29.5 Å². The standard InChI is InChI=1S/C22H22N4O2S/c23-17(14-25-21(28)22(10-11-22)15-4-2-1-3-5-15)18-6-7-19(29-18)20(27)26-16-8-12-24-13-9-16/h1-9,12-13,17H,10-11,14,23H2,(H,25,28)(H,24,26,27). The molecular weight excluding hydrogens is 384 g/mol. The predicted octanol–water partition coefficient (Wildman–Crippen LogP) is 3.24. The van der Waals surface area contributed by atoms with Gasteiger partial charge in [-0.05, 0) is 42.7 Å². The van der Waals surface area contributed by atoms with Gasteiger partial charge in [-0.3, -0.25) is 14.6 Å². The van der Waals surface area contributed by atoms with Gasteiger partial charge in [0.25, 0.3) is 5.91 Å². The number of hydrogen-bond acceptors (Lipinski definition) is 5. The van der Waals surface area contributed by atoms with Crippen LogP contribution in [0.15, 0.2) is 67.0 Å². The van der Waals surface area contributed by atoms with Crippen LogP contribution >= 0.6 is 11.3 Å². The maximum Gasteiger partial charge on any atom is 0.265 e. The normalized spacial score (nSPS) is 15.3. The van der Waals surface area contributed by atoms with Crippen LogP contribution in [0, 0.1) is 0 Å². The first-order chi connectivity index (χ1) is 14.1. The number of benzene rings is 1. The number of aromatic nitrogens is 1. The third-order valence-corrected chi connectivity index (χ3v) is 6.36. The van der Waals surface area contributed by atoms with Gasteiger partial charge >= 0.3 is 0 Å². The first-order valence-electron chi connectivity index (χ1n) is 9.49. The van der Waals surface area contributed by atoms with Gasteiger partial charge in [0.1, 0.15) is 0 Å². The number of rotatable bonds is 7. The largest absolute Gasteiger partial charge is 0.353 e. The number of nitrogens with zero attached hydrogens (tertiary/aromatic N) is 1. The second kappa shape index (κ2) is 8.14. The molecule has 3 aromatic rings. The molecule has 2 heterocycles. The zero-order valence-corrected chi connectivity index (χ0v) is 16.6. The summed E-state index contributed by atoms with van der Waals surface area (Å²) in [5.74, 6) is -0.170. The van der Waals surface area contributed by atoms with E-state index in [1.165, 1.54) is 11.3 Å². The van der Waals surface area contributed by atoms with Crippen molar-refractivity contribution in [2.75, 3.05) is 11.9 Å². The van der Waals surface area contributed by atoms with Gasteiger partial charge in [-0.25, -0.2) is 0 Å². The molecule has 0 spiro atoms. The fourth-order valence-electron chi connectivity index (χ4n) is 3.30. The molecule has 1 aliphatic rings. The molecule has 4 N–H and O–H groups in total. The summed E-state index contributed by atoms with van der Waals surface area (Å²) in [4.78, 5) is 30.5. The van der Waals surface area contributed by atoms with Crippen LogP contribution in [0.25, 0.3) is 0 Å². The van der Waals surface area contributed by atoms with Crippen LogP contribution in [0.1, 0.15) is 39.0 Å². The van der Waals surface area contributed by atoms with Gasteiger partial charge in [-0.1, -0.05) is 30.3 Å². The van der Waals surface area contributed by atoms with Crippen LogP contribution in [-0.4, -0.2) is 23.3 Å². The number of pyridine rings is 1. The number of carbonyl (C=O) groups is 2. The topological polar surface area (TPSA) is 97.1 Å². The second-order valence-electron chi connectivity index (χ2n) is 7.16. The van der Waals surface area contributed by atoms with Crippen molar-refractivity contribution in [3.63, 3.8) is 0 Å². The summed E-state index contributed by atoms with van der Waals surface area (Å²) in [6, 6.07) is 16.6. The van der Waals surface area contributed by atoms with Gasteiger partial charge in [0.2, 0.25) is 5.91 Å². The molecule has 0 aliphatic heterocycles. The summed E-state index contributed by atoms with van der Waals surface area (Å²) in [5, 5.41) is 5.82. The molecule has 2 aromatic heterocycles. The molecule has 1 atom stereocenters. The third kappa shape index (κ3) is 4.21. The molecule has 6 nitrogen and oxygen atoms in total. The van der Waals surface area contributed by atoms with Crippen molar-refractivity contribution in [2.45, 2.75) is 24.3 Å². The smallest absolute Gasteiger partial charge is 0.265 e. The Balaban J connectivity index is 1.34. The SMILES string of the molecule is NC(CNC(=O)C1(c2ccccc2)CC1)c1ccc(C(=O)Nc2ccncc2)s1. The van der Waals surface area contributed by atoms with E-state index in [-0.39, 0.29) is 17.9 Å². The average Bonchev–Trinajstić information content (AvgIpc) is 3.42. The minimum absolute atomic E-state index is 0.0198. The van der Waals surface area contributed by atoms with Crippen molar-refractivity contribution >= 4 is 28.8 Å². The van der Waals surface area contributed by atoms with Crippen molar-refractivity contribution < 1.29 is 9.59 Å². The Morgan fingerprint density at radius 2 is 1.79 bits per heavy atom. The van der Waals surface area contributed by atoms with Crippen molar-refractivity contribution in [3.8, 4) is 0 Å². The summed E-state index contributed by atoms with van der Waals surface area (Å²) in [6.45, 7) is 0.333. The number of carbonyl (C=O) groups excluding carboxylic acids is 2. The number of nitrogens with two attached hydrogens (primary N) is 1. The van der Waals surface area contributed by atoms with E-state index in [1.807, 2.05) is 36.4 Å². The van der Waals surface area contributed by atoms with Gasteiger partial charge in [0.15, 0.2) is 0 Å². The number of anilines is 1. The lowest BCUT2D eigenvalue weighted by Crippen LogP contribution is -2.38. The number of hydrogen-bond donors (Lipinski definition) is 3. The van der Waals surface area contributed by atoms with E-state index in [1.54, 1.807) is 30.6 Å². The molecule has 7 heteroatoms. The van der Waals surface area contributed by atoms with Crippen LogP contribution in [0.3, 0.4) is 0 Å². The quantitative estimate of drug-likeness (QED) is 0.561. The van der Waals surface area contributed by atoms with Crippen molar-refractivity contribution in [2.24, 2.45) is 5.73 Å². The van der Waals surface area contributed by atoms with Gasteiger partial charge in [-0.2, -0.15) is 0 Å². The molecule has 0 bridgehead atoms. The van der Waals surface area contributed by atoms with Gasteiger partial charge in [0.05, 0.1) is 16.3 Å². The predicted molar refractivity (Wildman–Crippen MR) is 114 cm³/mol. The van der Waals surface area contributed by atoms with Crippen molar-refractivity contribution in [3.05, 3.63) is 82.3 Å². The van der Waals surface area contributed by atoms with E-state index >= 15 is 0 Å². The van der Waals surface area contributed by atoms with Crippen molar-refractivity contribution in [1.29, 1.82) is 0 Å². The number of nitrogens with one attached hydrogen (secondary N) is 2. The molecular formula is C22H22N4O2S. The Bertz CT molecular complexity index is 1000. The number of thiophene rings is 1. The first-order valence-corrected chi connectivity index (χ1v) is 10.3. The van der Waals surface area contributed by atoms with Gasteiger partial charge in [-0.15, -0.1) is 11.3 Å². The molecule has 1 unspecified atom stereocenters. The molecule has 1 aliphatic carbocycles. The van der Waals surface area contributed by atoms with Crippen molar-refractivity contribution in [1.82, 2.24) is 10.3 Å². The lowest BCUT2D eigenvalue weighted by atomic mass is 9.95. The summed E-state index contributed by atoms with van der Waals surface area (Å²) in [6.07, 6.45) is 4.96. The highest BCUT2D eigenvalue weighted by Gasteiger charge is 2.51. The van der Waals surface area contributed by atoms with E-state index < -0.39 is 5.41 Å². The minimum atomic E-state index is -0.411. The monoisotopic (exact) mass is 406 g/mol. The summed E-state index contributed by atoms with van der Waals surface area (Å²) in [7, 11) is 0. The fraction of sp³-hybridized carbons (Fsp3) is 0.227. The van der Waals surface area contributed by atoms with Crippen LogP contribution in [0.2, 0.25) is 0 Å². The molecule has 0 radical (unpaired) electrons. The van der Waals surface area contributed by atoms with Gasteiger partial charge < -0.3 is 16.4 Å². The van der Waals surface area contributed by atoms with E-state index in [0.29, 0.717) is 17.1 Å². The Morgan fingerprint density at radius 3 is 2.48 bits per heavy atom. The zero-order valence-electron chi connectivity index (χ0n) is 15.8. The molecule has 1 saturated carbocycles. The highest BCUT2D eigenvalue weighted by molar-refractivity contribution is 7.14. The molecule has 4 rings (SSSR count). The Labute approximate surface area is 173 Å². The maximum atomic E-state index is 12.7. The minimum Gasteiger partial charge on any atom is -0.353 e. The molecule has 2 amide bonds. The summed E-state index contributed by atoms with van der Waals surface area (Å²) >= 11 is 1.34. The van der Waals surface area contributed by atoms with Crippen LogP contribution < -0.4 is 16.4 Å². The first kappa shape index (κ1) is 19.3.